The molecule has 6 nitrogen and oxygen atoms in total. The van der Waals surface area contributed by atoms with Crippen LogP contribution < -0.4 is 10.6 Å². The summed E-state index contributed by atoms with van der Waals surface area (Å²) >= 11 is 0. The Labute approximate surface area is 166 Å². The minimum absolute atomic E-state index is 0.0223. The molecule has 0 heterocycles. The number of nitrogens with zero attached hydrogens (tertiary/aromatic N) is 2. The summed E-state index contributed by atoms with van der Waals surface area (Å²) in [6.07, 6.45) is 0. The summed E-state index contributed by atoms with van der Waals surface area (Å²) in [7, 11) is 0. The first-order valence-corrected chi connectivity index (χ1v) is 9.26. The number of carbonyl (C=O) groups excluding carboxylic acids is 2. The number of nitriles is 1. The van der Waals surface area contributed by atoms with Gasteiger partial charge in [-0.15, -0.1) is 0 Å². The van der Waals surface area contributed by atoms with Crippen LogP contribution in [0.3, 0.4) is 0 Å². The topological polar surface area (TPSA) is 85.2 Å². The zero-order valence-corrected chi connectivity index (χ0v) is 16.7. The van der Waals surface area contributed by atoms with Gasteiger partial charge in [-0.1, -0.05) is 36.8 Å². The molecule has 0 aliphatic rings. The summed E-state index contributed by atoms with van der Waals surface area (Å²) in [6, 6.07) is 14.5. The number of benzene rings is 2. The number of carbonyl (C=O) groups is 2. The smallest absolute Gasteiger partial charge is 0.307 e. The van der Waals surface area contributed by atoms with Gasteiger partial charge >= 0.3 is 6.03 Å². The van der Waals surface area contributed by atoms with Gasteiger partial charge in [0.05, 0.1) is 18.2 Å². The maximum absolute atomic E-state index is 12.3. The van der Waals surface area contributed by atoms with Crippen molar-refractivity contribution in [1.29, 1.82) is 5.26 Å². The molecule has 0 aromatic heterocycles. The molecule has 146 valence electrons. The van der Waals surface area contributed by atoms with Crippen molar-refractivity contribution in [3.8, 4) is 6.07 Å². The molecule has 1 unspecified atom stereocenters. The van der Waals surface area contributed by atoms with Gasteiger partial charge in [0, 0.05) is 11.7 Å². The largest absolute Gasteiger partial charge is 0.325 e. The molecule has 0 aliphatic heterocycles. The van der Waals surface area contributed by atoms with Crippen LogP contribution in [0.2, 0.25) is 0 Å². The summed E-state index contributed by atoms with van der Waals surface area (Å²) in [5.41, 5.74) is 4.32. The summed E-state index contributed by atoms with van der Waals surface area (Å²) in [6.45, 7) is 8.58. The van der Waals surface area contributed by atoms with Crippen molar-refractivity contribution in [2.24, 2.45) is 0 Å². The molecular formula is C22H26N4O2. The number of aryl methyl sites for hydroxylation is 2. The Morgan fingerprint density at radius 1 is 1.14 bits per heavy atom. The van der Waals surface area contributed by atoms with E-state index in [1.807, 2.05) is 62.9 Å². The molecule has 1 atom stereocenters. The van der Waals surface area contributed by atoms with Crippen molar-refractivity contribution < 1.29 is 9.59 Å². The zero-order valence-electron chi connectivity index (χ0n) is 16.7. The molecule has 0 radical (unpaired) electrons. The summed E-state index contributed by atoms with van der Waals surface area (Å²) in [5.74, 6) is -0.371. The third-order valence-electron chi connectivity index (χ3n) is 4.71. The molecular weight excluding hydrogens is 352 g/mol. The van der Waals surface area contributed by atoms with E-state index in [2.05, 4.69) is 16.7 Å². The molecule has 0 saturated carbocycles. The molecule has 0 fully saturated rings. The van der Waals surface area contributed by atoms with E-state index in [1.54, 1.807) is 12.1 Å². The van der Waals surface area contributed by atoms with E-state index in [-0.39, 0.29) is 18.5 Å². The Kier molecular flexibility index (Phi) is 7.30. The van der Waals surface area contributed by atoms with Crippen LogP contribution in [-0.4, -0.2) is 29.9 Å². The Bertz CT molecular complexity index is 884. The van der Waals surface area contributed by atoms with Gasteiger partial charge in [-0.3, -0.25) is 15.0 Å². The molecule has 2 aromatic carbocycles. The van der Waals surface area contributed by atoms with E-state index in [9.17, 15) is 9.59 Å². The Hall–Kier alpha value is -3.17. The van der Waals surface area contributed by atoms with Gasteiger partial charge in [-0.05, 0) is 56.6 Å². The van der Waals surface area contributed by atoms with Crippen LogP contribution in [-0.2, 0) is 4.79 Å². The van der Waals surface area contributed by atoms with E-state index in [1.165, 1.54) is 0 Å². The molecule has 2 aromatic rings. The van der Waals surface area contributed by atoms with Gasteiger partial charge in [-0.2, -0.15) is 5.26 Å². The highest BCUT2D eigenvalue weighted by Gasteiger charge is 2.19. The number of imide groups is 1. The first-order valence-electron chi connectivity index (χ1n) is 9.26. The van der Waals surface area contributed by atoms with Crippen molar-refractivity contribution in [2.45, 2.75) is 33.7 Å². The van der Waals surface area contributed by atoms with E-state index in [4.69, 9.17) is 5.26 Å². The highest BCUT2D eigenvalue weighted by atomic mass is 16.2. The highest BCUT2D eigenvalue weighted by Crippen LogP contribution is 2.20. The summed E-state index contributed by atoms with van der Waals surface area (Å²) in [5, 5.41) is 14.0. The number of hydrogen-bond acceptors (Lipinski definition) is 4. The number of nitrogens with one attached hydrogen (secondary N) is 2. The van der Waals surface area contributed by atoms with E-state index < -0.39 is 6.03 Å². The predicted molar refractivity (Wildman–Crippen MR) is 110 cm³/mol. The molecule has 0 spiro atoms. The normalized spacial score (nSPS) is 11.6. The Balaban J connectivity index is 1.95. The molecule has 0 saturated heterocycles. The lowest BCUT2D eigenvalue weighted by Gasteiger charge is -2.27. The van der Waals surface area contributed by atoms with E-state index in [0.717, 1.165) is 16.7 Å². The predicted octanol–water partition coefficient (Wildman–Crippen LogP) is 3.91. The monoisotopic (exact) mass is 378 g/mol. The summed E-state index contributed by atoms with van der Waals surface area (Å²) in [4.78, 5) is 26.4. The maximum atomic E-state index is 12.3. The van der Waals surface area contributed by atoms with Gasteiger partial charge in [-0.25, -0.2) is 4.79 Å². The van der Waals surface area contributed by atoms with Crippen LogP contribution in [0.25, 0.3) is 0 Å². The molecule has 0 bridgehead atoms. The maximum Gasteiger partial charge on any atom is 0.325 e. The minimum Gasteiger partial charge on any atom is -0.307 e. The lowest BCUT2D eigenvalue weighted by molar-refractivity contribution is -0.121. The van der Waals surface area contributed by atoms with Gasteiger partial charge < -0.3 is 5.32 Å². The quantitative estimate of drug-likeness (QED) is 0.798. The Morgan fingerprint density at radius 2 is 1.82 bits per heavy atom. The van der Waals surface area contributed by atoms with Crippen LogP contribution in [0, 0.1) is 25.2 Å². The van der Waals surface area contributed by atoms with Crippen molar-refractivity contribution in [3.05, 3.63) is 64.7 Å². The van der Waals surface area contributed by atoms with Gasteiger partial charge in [0.1, 0.15) is 0 Å². The molecule has 0 aliphatic carbocycles. The first kappa shape index (κ1) is 21.1. The third-order valence-corrected chi connectivity index (χ3v) is 4.71. The van der Waals surface area contributed by atoms with Crippen molar-refractivity contribution in [3.63, 3.8) is 0 Å². The molecule has 2 N–H and O–H groups in total. The van der Waals surface area contributed by atoms with Crippen LogP contribution in [0.5, 0.6) is 0 Å². The van der Waals surface area contributed by atoms with E-state index >= 15 is 0 Å². The average molecular weight is 378 g/mol. The second kappa shape index (κ2) is 9.67. The van der Waals surface area contributed by atoms with Crippen molar-refractivity contribution >= 4 is 17.6 Å². The number of urea groups is 1. The number of anilines is 1. The van der Waals surface area contributed by atoms with Crippen molar-refractivity contribution in [2.75, 3.05) is 18.4 Å². The second-order valence-corrected chi connectivity index (χ2v) is 6.79. The fraction of sp³-hybridized carbons (Fsp3) is 0.318. The fourth-order valence-corrected chi connectivity index (χ4v) is 3.03. The standard InChI is InChI=1S/C22H26N4O2/c1-5-26(17(4)19-9-7-18(13-23)8-10-19)14-21(27)25-22(28)24-20-11-6-15(2)12-16(20)3/h6-12,17H,5,14H2,1-4H3,(H2,24,25,27,28). The molecule has 6 heteroatoms. The average Bonchev–Trinajstić information content (AvgIpc) is 2.67. The lowest BCUT2D eigenvalue weighted by atomic mass is 10.1. The van der Waals surface area contributed by atoms with Crippen LogP contribution in [0.15, 0.2) is 42.5 Å². The molecule has 2 rings (SSSR count). The number of likely N-dealkylation sites (N-methyl/N-ethyl adjacent to an activating group) is 1. The van der Waals surface area contributed by atoms with E-state index in [0.29, 0.717) is 17.8 Å². The number of rotatable bonds is 6. The number of amides is 3. The zero-order chi connectivity index (χ0) is 20.7. The van der Waals surface area contributed by atoms with Crippen molar-refractivity contribution in [1.82, 2.24) is 10.2 Å². The third kappa shape index (κ3) is 5.66. The van der Waals surface area contributed by atoms with Gasteiger partial charge in [0.25, 0.3) is 0 Å². The first-order chi connectivity index (χ1) is 13.3. The van der Waals surface area contributed by atoms with Gasteiger partial charge in [0.15, 0.2) is 0 Å². The minimum atomic E-state index is -0.543. The molecule has 3 amide bonds. The van der Waals surface area contributed by atoms with Crippen LogP contribution >= 0.6 is 0 Å². The van der Waals surface area contributed by atoms with Gasteiger partial charge in [0.2, 0.25) is 5.91 Å². The van der Waals surface area contributed by atoms with Crippen LogP contribution in [0.4, 0.5) is 10.5 Å². The number of hydrogen-bond donors (Lipinski definition) is 2. The summed E-state index contributed by atoms with van der Waals surface area (Å²) < 4.78 is 0. The second-order valence-electron chi connectivity index (χ2n) is 6.79. The lowest BCUT2D eigenvalue weighted by Crippen LogP contribution is -2.42. The SMILES string of the molecule is CCN(CC(=O)NC(=O)Nc1ccc(C)cc1C)C(C)c1ccc(C#N)cc1. The fourth-order valence-electron chi connectivity index (χ4n) is 3.03. The highest BCUT2D eigenvalue weighted by molar-refractivity contribution is 6.02. The molecule has 28 heavy (non-hydrogen) atoms. The Morgan fingerprint density at radius 3 is 2.39 bits per heavy atom. The van der Waals surface area contributed by atoms with Crippen LogP contribution in [0.1, 0.15) is 42.1 Å².